The average Bonchev–Trinajstić information content (AvgIpc) is 2.69. The van der Waals surface area contributed by atoms with Gasteiger partial charge in [-0.15, -0.1) is 0 Å². The lowest BCUT2D eigenvalue weighted by atomic mass is 10.6. The maximum absolute atomic E-state index is 5.16. The lowest BCUT2D eigenvalue weighted by Crippen LogP contribution is -1.88. The molecular formula is C9H8N2OS. The first-order valence-electron chi connectivity index (χ1n) is 3.87. The number of nitrogens with zero attached hydrogens (tertiary/aromatic N) is 2. The largest absolute Gasteiger partial charge is 0.458 e. The van der Waals surface area contributed by atoms with Gasteiger partial charge in [-0.2, -0.15) is 0 Å². The van der Waals surface area contributed by atoms with Gasteiger partial charge in [0, 0.05) is 12.4 Å². The molecule has 0 fully saturated rings. The van der Waals surface area contributed by atoms with Crippen LogP contribution in [0, 0.1) is 0 Å². The zero-order chi connectivity index (χ0) is 8.93. The molecule has 0 spiro atoms. The molecule has 0 radical (unpaired) electrons. The zero-order valence-electron chi connectivity index (χ0n) is 6.88. The van der Waals surface area contributed by atoms with Crippen molar-refractivity contribution in [1.82, 2.24) is 9.97 Å². The minimum absolute atomic E-state index is 0.744. The van der Waals surface area contributed by atoms with Crippen LogP contribution >= 0.6 is 11.8 Å². The molecule has 0 amide bonds. The molecule has 0 aliphatic heterocycles. The van der Waals surface area contributed by atoms with Crippen LogP contribution in [-0.2, 0) is 5.75 Å². The monoisotopic (exact) mass is 192 g/mol. The molecule has 0 unspecified atom stereocenters. The van der Waals surface area contributed by atoms with Crippen molar-refractivity contribution >= 4 is 11.8 Å². The first-order valence-corrected chi connectivity index (χ1v) is 4.86. The molecule has 0 aromatic carbocycles. The van der Waals surface area contributed by atoms with Gasteiger partial charge in [-0.3, -0.25) is 0 Å². The van der Waals surface area contributed by atoms with E-state index in [9.17, 15) is 0 Å². The van der Waals surface area contributed by atoms with Crippen molar-refractivity contribution in [1.29, 1.82) is 0 Å². The van der Waals surface area contributed by atoms with Crippen molar-refractivity contribution < 1.29 is 4.42 Å². The molecular weight excluding hydrogens is 184 g/mol. The minimum Gasteiger partial charge on any atom is -0.458 e. The Labute approximate surface area is 80.2 Å². The minimum atomic E-state index is 0.744. The fourth-order valence-corrected chi connectivity index (χ4v) is 1.60. The molecule has 0 bridgehead atoms. The Balaban J connectivity index is 1.94. The number of hydrogen-bond acceptors (Lipinski definition) is 4. The van der Waals surface area contributed by atoms with Crippen molar-refractivity contribution in [2.45, 2.75) is 10.8 Å². The molecule has 2 heterocycles. The highest BCUT2D eigenvalue weighted by Gasteiger charge is 1.98. The SMILES string of the molecule is c1cnc(CSc2ccco2)nc1. The lowest BCUT2D eigenvalue weighted by molar-refractivity contribution is 0.474. The maximum Gasteiger partial charge on any atom is 0.160 e. The molecule has 2 aromatic rings. The molecule has 0 aliphatic carbocycles. The van der Waals surface area contributed by atoms with Gasteiger partial charge in [0.15, 0.2) is 5.09 Å². The molecule has 3 nitrogen and oxygen atoms in total. The van der Waals surface area contributed by atoms with E-state index < -0.39 is 0 Å². The van der Waals surface area contributed by atoms with E-state index in [1.165, 1.54) is 0 Å². The van der Waals surface area contributed by atoms with Gasteiger partial charge in [-0.1, -0.05) is 11.8 Å². The highest BCUT2D eigenvalue weighted by Crippen LogP contribution is 2.20. The van der Waals surface area contributed by atoms with Crippen molar-refractivity contribution in [3.8, 4) is 0 Å². The van der Waals surface area contributed by atoms with Gasteiger partial charge >= 0.3 is 0 Å². The zero-order valence-corrected chi connectivity index (χ0v) is 7.70. The Morgan fingerprint density at radius 2 is 2.08 bits per heavy atom. The van der Waals surface area contributed by atoms with Crippen LogP contribution in [0.1, 0.15) is 5.82 Å². The smallest absolute Gasteiger partial charge is 0.160 e. The molecule has 0 saturated carbocycles. The number of furan rings is 1. The fourth-order valence-electron chi connectivity index (χ4n) is 0.886. The van der Waals surface area contributed by atoms with Gasteiger partial charge in [0.05, 0.1) is 12.0 Å². The van der Waals surface area contributed by atoms with Crippen molar-refractivity contribution in [2.24, 2.45) is 0 Å². The number of thioether (sulfide) groups is 1. The highest BCUT2D eigenvalue weighted by molar-refractivity contribution is 7.98. The summed E-state index contributed by atoms with van der Waals surface area (Å²) in [6, 6.07) is 5.60. The van der Waals surface area contributed by atoms with E-state index in [1.54, 1.807) is 36.5 Å². The Morgan fingerprint density at radius 1 is 1.23 bits per heavy atom. The van der Waals surface area contributed by atoms with Crippen LogP contribution in [0.4, 0.5) is 0 Å². The summed E-state index contributed by atoms with van der Waals surface area (Å²) >= 11 is 1.59. The van der Waals surface area contributed by atoms with Crippen LogP contribution < -0.4 is 0 Å². The van der Waals surface area contributed by atoms with Crippen LogP contribution in [0.15, 0.2) is 46.4 Å². The maximum atomic E-state index is 5.16. The highest BCUT2D eigenvalue weighted by atomic mass is 32.2. The van der Waals surface area contributed by atoms with Gasteiger partial charge in [-0.25, -0.2) is 9.97 Å². The van der Waals surface area contributed by atoms with Gasteiger partial charge in [0.2, 0.25) is 0 Å². The average molecular weight is 192 g/mol. The number of rotatable bonds is 3. The Bertz CT molecular complexity index is 347. The quantitative estimate of drug-likeness (QED) is 0.700. The van der Waals surface area contributed by atoms with Gasteiger partial charge in [-0.05, 0) is 18.2 Å². The molecule has 2 aromatic heterocycles. The van der Waals surface area contributed by atoms with E-state index >= 15 is 0 Å². The topological polar surface area (TPSA) is 38.9 Å². The second-order valence-electron chi connectivity index (χ2n) is 2.39. The van der Waals surface area contributed by atoms with E-state index in [1.807, 2.05) is 12.1 Å². The molecule has 13 heavy (non-hydrogen) atoms. The van der Waals surface area contributed by atoms with Crippen molar-refractivity contribution in [3.05, 3.63) is 42.7 Å². The Hall–Kier alpha value is -1.29. The predicted molar refractivity (Wildman–Crippen MR) is 50.3 cm³/mol. The van der Waals surface area contributed by atoms with Crippen LogP contribution in [0.3, 0.4) is 0 Å². The molecule has 2 rings (SSSR count). The standard InChI is InChI=1S/C9H8N2OS/c1-3-9(12-6-1)13-7-8-10-4-2-5-11-8/h1-6H,7H2. The van der Waals surface area contributed by atoms with E-state index in [-0.39, 0.29) is 0 Å². The lowest BCUT2D eigenvalue weighted by Gasteiger charge is -1.95. The molecule has 66 valence electrons. The normalized spacial score (nSPS) is 10.2. The summed E-state index contributed by atoms with van der Waals surface area (Å²) in [5.74, 6) is 1.57. The number of aromatic nitrogens is 2. The summed E-state index contributed by atoms with van der Waals surface area (Å²) in [5.41, 5.74) is 0. The first kappa shape index (κ1) is 8.31. The van der Waals surface area contributed by atoms with Gasteiger partial charge < -0.3 is 4.42 Å². The molecule has 0 aliphatic rings. The summed E-state index contributed by atoms with van der Waals surface area (Å²) < 4.78 is 5.16. The molecule has 4 heteroatoms. The summed E-state index contributed by atoms with van der Waals surface area (Å²) in [5, 5.41) is 0.896. The van der Waals surface area contributed by atoms with Crippen LogP contribution in [0.5, 0.6) is 0 Å². The van der Waals surface area contributed by atoms with E-state index in [0.717, 1.165) is 16.7 Å². The summed E-state index contributed by atoms with van der Waals surface area (Å²) in [6.07, 6.45) is 5.14. The van der Waals surface area contributed by atoms with Crippen molar-refractivity contribution in [2.75, 3.05) is 0 Å². The van der Waals surface area contributed by atoms with Gasteiger partial charge in [0.1, 0.15) is 5.82 Å². The summed E-state index contributed by atoms with van der Waals surface area (Å²) in [7, 11) is 0. The Kier molecular flexibility index (Phi) is 2.62. The van der Waals surface area contributed by atoms with Crippen molar-refractivity contribution in [3.63, 3.8) is 0 Å². The second-order valence-corrected chi connectivity index (χ2v) is 3.37. The summed E-state index contributed by atoms with van der Waals surface area (Å²) in [6.45, 7) is 0. The Morgan fingerprint density at radius 3 is 2.77 bits per heavy atom. The van der Waals surface area contributed by atoms with Gasteiger partial charge in [0.25, 0.3) is 0 Å². The van der Waals surface area contributed by atoms with E-state index in [0.29, 0.717) is 0 Å². The third kappa shape index (κ3) is 2.32. The van der Waals surface area contributed by atoms with Crippen LogP contribution in [0.25, 0.3) is 0 Å². The van der Waals surface area contributed by atoms with Crippen LogP contribution in [-0.4, -0.2) is 9.97 Å². The van der Waals surface area contributed by atoms with E-state index in [2.05, 4.69) is 9.97 Å². The molecule has 0 saturated heterocycles. The third-order valence-electron chi connectivity index (χ3n) is 1.46. The fraction of sp³-hybridized carbons (Fsp3) is 0.111. The number of hydrogen-bond donors (Lipinski definition) is 0. The van der Waals surface area contributed by atoms with E-state index in [4.69, 9.17) is 4.42 Å². The second kappa shape index (κ2) is 4.09. The predicted octanol–water partition coefficient (Wildman–Crippen LogP) is 2.36. The first-order chi connectivity index (χ1) is 6.45. The van der Waals surface area contributed by atoms with Crippen LogP contribution in [0.2, 0.25) is 0 Å². The molecule has 0 atom stereocenters. The third-order valence-corrected chi connectivity index (χ3v) is 2.38. The molecule has 0 N–H and O–H groups in total. The summed E-state index contributed by atoms with van der Waals surface area (Å²) in [4.78, 5) is 8.21.